The second kappa shape index (κ2) is 9.59. The summed E-state index contributed by atoms with van der Waals surface area (Å²) in [6, 6.07) is 5.95. The quantitative estimate of drug-likeness (QED) is 0.584. The maximum Gasteiger partial charge on any atom is 0.146 e. The van der Waals surface area contributed by atoms with E-state index in [0.717, 1.165) is 87.7 Å². The van der Waals surface area contributed by atoms with E-state index in [-0.39, 0.29) is 0 Å². The third kappa shape index (κ3) is 4.51. The summed E-state index contributed by atoms with van der Waals surface area (Å²) in [6.07, 6.45) is 2.75. The van der Waals surface area contributed by atoms with Crippen molar-refractivity contribution in [1.82, 2.24) is 19.9 Å². The smallest absolute Gasteiger partial charge is 0.146 e. The molecule has 9 heteroatoms. The zero-order valence-corrected chi connectivity index (χ0v) is 20.1. The van der Waals surface area contributed by atoms with E-state index < -0.39 is 0 Å². The Morgan fingerprint density at radius 3 is 2.55 bits per heavy atom. The fraction of sp³-hybridized carbons (Fsp3) is 0.500. The normalized spacial score (nSPS) is 17.8. The molecule has 2 saturated heterocycles. The molecule has 2 aliphatic rings. The van der Waals surface area contributed by atoms with Gasteiger partial charge in [-0.25, -0.2) is 15.0 Å². The summed E-state index contributed by atoms with van der Waals surface area (Å²) in [5.74, 6) is 2.72. The summed E-state index contributed by atoms with van der Waals surface area (Å²) in [5.41, 5.74) is 1.91. The summed E-state index contributed by atoms with van der Waals surface area (Å²) >= 11 is 1.76. The number of hydrogen-bond donors (Lipinski definition) is 0. The number of pyridine rings is 1. The van der Waals surface area contributed by atoms with E-state index in [1.165, 1.54) is 15.8 Å². The highest BCUT2D eigenvalue weighted by Crippen LogP contribution is 2.35. The predicted molar refractivity (Wildman–Crippen MR) is 131 cm³/mol. The summed E-state index contributed by atoms with van der Waals surface area (Å²) in [6.45, 7) is 11.9. The minimum absolute atomic E-state index is 0.632. The molecule has 33 heavy (non-hydrogen) atoms. The molecule has 8 nitrogen and oxygen atoms in total. The standard InChI is InChI=1S/C24H29N7OS/c1-17-18(2)33-24-21(17)23(27-20(28-24)16-29-11-13-32-14-12-29)31-8-4-7-30(9-10-31)22-19(15-25)5-3-6-26-22/h3,5-6H,4,7-14,16H2,1-2H3. The fourth-order valence-corrected chi connectivity index (χ4v) is 5.65. The van der Waals surface area contributed by atoms with Gasteiger partial charge in [0.1, 0.15) is 28.4 Å². The summed E-state index contributed by atoms with van der Waals surface area (Å²) < 4.78 is 5.50. The Hall–Kier alpha value is -2.80. The largest absolute Gasteiger partial charge is 0.379 e. The van der Waals surface area contributed by atoms with Gasteiger partial charge >= 0.3 is 0 Å². The van der Waals surface area contributed by atoms with Crippen LogP contribution in [-0.4, -0.2) is 72.3 Å². The molecule has 0 spiro atoms. The van der Waals surface area contributed by atoms with E-state index in [0.29, 0.717) is 5.56 Å². The van der Waals surface area contributed by atoms with Gasteiger partial charge in [0, 0.05) is 50.3 Å². The van der Waals surface area contributed by atoms with Gasteiger partial charge in [0.25, 0.3) is 0 Å². The highest BCUT2D eigenvalue weighted by Gasteiger charge is 2.24. The van der Waals surface area contributed by atoms with Crippen LogP contribution in [0.4, 0.5) is 11.6 Å². The van der Waals surface area contributed by atoms with Gasteiger partial charge in [-0.05, 0) is 38.0 Å². The molecule has 0 atom stereocenters. The van der Waals surface area contributed by atoms with Crippen LogP contribution < -0.4 is 9.80 Å². The highest BCUT2D eigenvalue weighted by atomic mass is 32.1. The van der Waals surface area contributed by atoms with E-state index in [2.05, 4.69) is 39.6 Å². The lowest BCUT2D eigenvalue weighted by Crippen LogP contribution is -2.36. The number of thiophene rings is 1. The molecule has 5 heterocycles. The molecule has 2 fully saturated rings. The van der Waals surface area contributed by atoms with Crippen molar-refractivity contribution >= 4 is 33.2 Å². The van der Waals surface area contributed by atoms with E-state index in [1.54, 1.807) is 17.5 Å². The van der Waals surface area contributed by atoms with Gasteiger partial charge < -0.3 is 14.5 Å². The van der Waals surface area contributed by atoms with E-state index in [4.69, 9.17) is 14.7 Å². The van der Waals surface area contributed by atoms with Gasteiger partial charge in [-0.15, -0.1) is 11.3 Å². The Morgan fingerprint density at radius 1 is 1.03 bits per heavy atom. The average Bonchev–Trinajstić information content (AvgIpc) is 3.00. The number of aryl methyl sites for hydroxylation is 2. The molecule has 172 valence electrons. The molecular formula is C24H29N7OS. The molecule has 0 unspecified atom stereocenters. The van der Waals surface area contributed by atoms with Crippen molar-refractivity contribution in [3.63, 3.8) is 0 Å². The van der Waals surface area contributed by atoms with Crippen LogP contribution >= 0.6 is 11.3 Å². The van der Waals surface area contributed by atoms with Gasteiger partial charge in [0.05, 0.1) is 30.7 Å². The number of fused-ring (bicyclic) bond motifs is 1. The maximum absolute atomic E-state index is 9.51. The molecule has 0 radical (unpaired) electrons. The zero-order valence-electron chi connectivity index (χ0n) is 19.3. The molecule has 0 amide bonds. The average molecular weight is 464 g/mol. The lowest BCUT2D eigenvalue weighted by molar-refractivity contribution is 0.0331. The van der Waals surface area contributed by atoms with Crippen molar-refractivity contribution in [2.75, 3.05) is 62.3 Å². The maximum atomic E-state index is 9.51. The summed E-state index contributed by atoms with van der Waals surface area (Å²) in [5, 5.41) is 10.7. The third-order valence-corrected chi connectivity index (χ3v) is 7.63. The molecule has 3 aromatic heterocycles. The number of anilines is 2. The number of aromatic nitrogens is 3. The number of ether oxygens (including phenoxy) is 1. The van der Waals surface area contributed by atoms with Crippen molar-refractivity contribution in [2.45, 2.75) is 26.8 Å². The Bertz CT molecular complexity index is 1180. The van der Waals surface area contributed by atoms with Crippen LogP contribution in [0.5, 0.6) is 0 Å². The van der Waals surface area contributed by atoms with Crippen LogP contribution in [0, 0.1) is 25.2 Å². The van der Waals surface area contributed by atoms with Crippen LogP contribution in [0.25, 0.3) is 10.2 Å². The number of nitriles is 1. The van der Waals surface area contributed by atoms with Crippen molar-refractivity contribution in [3.05, 3.63) is 40.2 Å². The zero-order chi connectivity index (χ0) is 22.8. The second-order valence-corrected chi connectivity index (χ2v) is 9.83. The highest BCUT2D eigenvalue weighted by molar-refractivity contribution is 7.18. The van der Waals surface area contributed by atoms with Crippen molar-refractivity contribution < 1.29 is 4.74 Å². The van der Waals surface area contributed by atoms with Gasteiger partial charge in [-0.2, -0.15) is 5.26 Å². The van der Waals surface area contributed by atoms with E-state index >= 15 is 0 Å². The number of nitrogens with zero attached hydrogens (tertiary/aromatic N) is 7. The van der Waals surface area contributed by atoms with Crippen LogP contribution in [-0.2, 0) is 11.3 Å². The predicted octanol–water partition coefficient (Wildman–Crippen LogP) is 3.12. The SMILES string of the molecule is Cc1sc2nc(CN3CCOCC3)nc(N3CCCN(c4ncccc4C#N)CC3)c2c1C. The summed E-state index contributed by atoms with van der Waals surface area (Å²) in [4.78, 5) is 24.0. The first-order valence-corrected chi connectivity index (χ1v) is 12.4. The van der Waals surface area contributed by atoms with Crippen LogP contribution in [0.1, 0.15) is 28.2 Å². The lowest BCUT2D eigenvalue weighted by atomic mass is 10.2. The van der Waals surface area contributed by atoms with Gasteiger partial charge in [0.15, 0.2) is 0 Å². The van der Waals surface area contributed by atoms with Gasteiger partial charge in [0.2, 0.25) is 0 Å². The molecule has 0 N–H and O–H groups in total. The topological polar surface area (TPSA) is 81.4 Å². The monoisotopic (exact) mass is 463 g/mol. The van der Waals surface area contributed by atoms with Gasteiger partial charge in [-0.3, -0.25) is 4.90 Å². The van der Waals surface area contributed by atoms with Crippen molar-refractivity contribution in [2.24, 2.45) is 0 Å². The Kier molecular flexibility index (Phi) is 6.40. The molecule has 0 saturated carbocycles. The van der Waals surface area contributed by atoms with Crippen molar-refractivity contribution in [3.8, 4) is 6.07 Å². The van der Waals surface area contributed by atoms with Crippen LogP contribution in [0.15, 0.2) is 18.3 Å². The second-order valence-electron chi connectivity index (χ2n) is 8.63. The molecular weight excluding hydrogens is 434 g/mol. The first-order valence-electron chi connectivity index (χ1n) is 11.6. The molecule has 0 aromatic carbocycles. The number of rotatable bonds is 4. The summed E-state index contributed by atoms with van der Waals surface area (Å²) in [7, 11) is 0. The third-order valence-electron chi connectivity index (χ3n) is 6.53. The minimum atomic E-state index is 0.632. The van der Waals surface area contributed by atoms with Crippen molar-refractivity contribution in [1.29, 1.82) is 5.26 Å². The number of morpholine rings is 1. The Balaban J connectivity index is 1.45. The molecule has 5 rings (SSSR count). The fourth-order valence-electron chi connectivity index (χ4n) is 4.61. The van der Waals surface area contributed by atoms with Crippen LogP contribution in [0.3, 0.4) is 0 Å². The molecule has 0 aliphatic carbocycles. The Labute approximate surface area is 198 Å². The molecule has 3 aromatic rings. The van der Waals surface area contributed by atoms with Gasteiger partial charge in [-0.1, -0.05) is 0 Å². The molecule has 0 bridgehead atoms. The first kappa shape index (κ1) is 22.0. The lowest BCUT2D eigenvalue weighted by Gasteiger charge is -2.27. The Morgan fingerprint density at radius 2 is 1.79 bits per heavy atom. The van der Waals surface area contributed by atoms with Crippen LogP contribution in [0.2, 0.25) is 0 Å². The molecule has 2 aliphatic heterocycles. The number of hydrogen-bond acceptors (Lipinski definition) is 9. The van der Waals surface area contributed by atoms with E-state index in [9.17, 15) is 5.26 Å². The minimum Gasteiger partial charge on any atom is -0.379 e. The van der Waals surface area contributed by atoms with E-state index in [1.807, 2.05) is 12.1 Å². The first-order chi connectivity index (χ1) is 16.1.